The number of carbonyl (C=O) groups excluding carboxylic acids is 2. The fourth-order valence-corrected chi connectivity index (χ4v) is 3.39. The molecule has 0 saturated carbocycles. The van der Waals surface area contributed by atoms with Crippen molar-refractivity contribution in [1.82, 2.24) is 0 Å². The molecule has 6 nitrogen and oxygen atoms in total. The van der Waals surface area contributed by atoms with Crippen molar-refractivity contribution in [3.8, 4) is 5.75 Å². The van der Waals surface area contributed by atoms with E-state index < -0.39 is 5.97 Å². The van der Waals surface area contributed by atoms with Gasteiger partial charge in [-0.1, -0.05) is 18.2 Å². The molecule has 1 heterocycles. The number of nitrogens with zero attached hydrogens (tertiary/aromatic N) is 1. The van der Waals surface area contributed by atoms with Gasteiger partial charge in [0.15, 0.2) is 6.61 Å². The molecule has 0 radical (unpaired) electrons. The molecule has 1 fully saturated rings. The predicted octanol–water partition coefficient (Wildman–Crippen LogP) is 3.80. The maximum absolute atomic E-state index is 12.1. The maximum atomic E-state index is 12.1. The van der Waals surface area contributed by atoms with Crippen LogP contribution in [-0.2, 0) is 20.7 Å². The zero-order chi connectivity index (χ0) is 20.5. The third-order valence-corrected chi connectivity index (χ3v) is 4.86. The van der Waals surface area contributed by atoms with E-state index in [2.05, 4.69) is 10.2 Å². The van der Waals surface area contributed by atoms with Crippen molar-refractivity contribution in [1.29, 1.82) is 0 Å². The van der Waals surface area contributed by atoms with Gasteiger partial charge in [-0.05, 0) is 62.1 Å². The SMILES string of the molecule is CCOc1ccccc1CCC(=O)OCC(=O)Nc1ccc(N2CCCC2)cc1. The fourth-order valence-electron chi connectivity index (χ4n) is 3.39. The minimum absolute atomic E-state index is 0.196. The second kappa shape index (κ2) is 10.5. The van der Waals surface area contributed by atoms with Gasteiger partial charge in [-0.3, -0.25) is 9.59 Å². The van der Waals surface area contributed by atoms with Crippen LogP contribution in [0.4, 0.5) is 11.4 Å². The second-order valence-corrected chi connectivity index (χ2v) is 6.99. The molecule has 2 aromatic carbocycles. The lowest BCUT2D eigenvalue weighted by Crippen LogP contribution is -2.21. The van der Waals surface area contributed by atoms with Crippen molar-refractivity contribution >= 4 is 23.3 Å². The summed E-state index contributed by atoms with van der Waals surface area (Å²) in [6, 6.07) is 15.4. The van der Waals surface area contributed by atoms with Gasteiger partial charge in [0.25, 0.3) is 5.91 Å². The Kier molecular flexibility index (Phi) is 7.50. The Hall–Kier alpha value is -3.02. The van der Waals surface area contributed by atoms with Gasteiger partial charge in [-0.2, -0.15) is 0 Å². The first-order valence-electron chi connectivity index (χ1n) is 10.2. The van der Waals surface area contributed by atoms with Gasteiger partial charge >= 0.3 is 5.97 Å². The van der Waals surface area contributed by atoms with E-state index in [0.29, 0.717) is 18.7 Å². The highest BCUT2D eigenvalue weighted by Crippen LogP contribution is 2.22. The number of anilines is 2. The summed E-state index contributed by atoms with van der Waals surface area (Å²) in [5.74, 6) is 0.0238. The molecule has 0 atom stereocenters. The molecular formula is C23H28N2O4. The molecule has 1 amide bonds. The van der Waals surface area contributed by atoms with E-state index in [4.69, 9.17) is 9.47 Å². The van der Waals surface area contributed by atoms with Crippen LogP contribution in [0.15, 0.2) is 48.5 Å². The van der Waals surface area contributed by atoms with Gasteiger partial charge in [0.2, 0.25) is 0 Å². The summed E-state index contributed by atoms with van der Waals surface area (Å²) >= 11 is 0. The van der Waals surface area contributed by atoms with Crippen LogP contribution in [-0.4, -0.2) is 38.2 Å². The molecule has 6 heteroatoms. The molecule has 0 unspecified atom stereocenters. The van der Waals surface area contributed by atoms with Gasteiger partial charge in [0, 0.05) is 30.9 Å². The number of ether oxygens (including phenoxy) is 2. The van der Waals surface area contributed by atoms with Crippen LogP contribution < -0.4 is 15.0 Å². The number of carbonyl (C=O) groups is 2. The Balaban J connectivity index is 1.40. The summed E-state index contributed by atoms with van der Waals surface area (Å²) in [6.07, 6.45) is 3.15. The fraction of sp³-hybridized carbons (Fsp3) is 0.391. The third kappa shape index (κ3) is 6.24. The summed E-state index contributed by atoms with van der Waals surface area (Å²) < 4.78 is 10.7. The molecule has 1 aliphatic heterocycles. The molecule has 2 aromatic rings. The number of para-hydroxylation sites is 1. The molecule has 0 spiro atoms. The summed E-state index contributed by atoms with van der Waals surface area (Å²) in [5.41, 5.74) is 2.81. The van der Waals surface area contributed by atoms with E-state index in [-0.39, 0.29) is 18.9 Å². The van der Waals surface area contributed by atoms with E-state index in [9.17, 15) is 9.59 Å². The first kappa shape index (κ1) is 20.7. The topological polar surface area (TPSA) is 67.9 Å². The van der Waals surface area contributed by atoms with Crippen molar-refractivity contribution in [3.63, 3.8) is 0 Å². The van der Waals surface area contributed by atoms with Crippen molar-refractivity contribution < 1.29 is 19.1 Å². The lowest BCUT2D eigenvalue weighted by Gasteiger charge is -2.17. The van der Waals surface area contributed by atoms with Gasteiger partial charge < -0.3 is 19.7 Å². The number of hydrogen-bond acceptors (Lipinski definition) is 5. The van der Waals surface area contributed by atoms with E-state index in [0.717, 1.165) is 24.4 Å². The largest absolute Gasteiger partial charge is 0.494 e. The average Bonchev–Trinajstić information content (AvgIpc) is 3.27. The molecule has 0 bridgehead atoms. The smallest absolute Gasteiger partial charge is 0.306 e. The highest BCUT2D eigenvalue weighted by atomic mass is 16.5. The lowest BCUT2D eigenvalue weighted by molar-refractivity contribution is -0.147. The van der Waals surface area contributed by atoms with Gasteiger partial charge in [0.1, 0.15) is 5.75 Å². The first-order chi connectivity index (χ1) is 14.2. The van der Waals surface area contributed by atoms with E-state index >= 15 is 0 Å². The highest BCUT2D eigenvalue weighted by Gasteiger charge is 2.13. The van der Waals surface area contributed by atoms with Crippen molar-refractivity contribution in [2.45, 2.75) is 32.6 Å². The lowest BCUT2D eigenvalue weighted by atomic mass is 10.1. The number of nitrogens with one attached hydrogen (secondary N) is 1. The first-order valence-corrected chi connectivity index (χ1v) is 10.2. The normalized spacial score (nSPS) is 13.2. The zero-order valence-electron chi connectivity index (χ0n) is 16.9. The maximum Gasteiger partial charge on any atom is 0.306 e. The van der Waals surface area contributed by atoms with Crippen LogP contribution in [0.1, 0.15) is 31.7 Å². The molecule has 3 rings (SSSR count). The quantitative estimate of drug-likeness (QED) is 0.653. The van der Waals surface area contributed by atoms with E-state index in [1.807, 2.05) is 55.5 Å². The number of aryl methyl sites for hydroxylation is 1. The molecular weight excluding hydrogens is 368 g/mol. The summed E-state index contributed by atoms with van der Waals surface area (Å²) in [6.45, 7) is 4.36. The standard InChI is InChI=1S/C23H28N2O4/c1-2-28-21-8-4-3-7-18(21)9-14-23(27)29-17-22(26)24-19-10-12-20(13-11-19)25-15-5-6-16-25/h3-4,7-8,10-13H,2,5-6,9,14-17H2,1H3,(H,24,26). The molecule has 1 N–H and O–H groups in total. The molecule has 0 aliphatic carbocycles. The van der Waals surface area contributed by atoms with Crippen LogP contribution in [0.3, 0.4) is 0 Å². The van der Waals surface area contributed by atoms with Crippen molar-refractivity contribution in [2.24, 2.45) is 0 Å². The molecule has 154 valence electrons. The molecule has 0 aromatic heterocycles. The average molecular weight is 396 g/mol. The Morgan fingerprint density at radius 1 is 1.03 bits per heavy atom. The second-order valence-electron chi connectivity index (χ2n) is 6.99. The van der Waals surface area contributed by atoms with E-state index in [1.54, 1.807) is 0 Å². The Bertz CT molecular complexity index is 814. The van der Waals surface area contributed by atoms with Crippen LogP contribution in [0.2, 0.25) is 0 Å². The monoisotopic (exact) mass is 396 g/mol. The van der Waals surface area contributed by atoms with Gasteiger partial charge in [0.05, 0.1) is 6.61 Å². The van der Waals surface area contributed by atoms with Gasteiger partial charge in [-0.25, -0.2) is 0 Å². The number of esters is 1. The Morgan fingerprint density at radius 3 is 2.48 bits per heavy atom. The summed E-state index contributed by atoms with van der Waals surface area (Å²) in [5, 5.41) is 2.76. The van der Waals surface area contributed by atoms with Crippen LogP contribution in [0.5, 0.6) is 5.75 Å². The third-order valence-electron chi connectivity index (χ3n) is 4.86. The predicted molar refractivity (Wildman–Crippen MR) is 113 cm³/mol. The number of benzene rings is 2. The summed E-state index contributed by atoms with van der Waals surface area (Å²) in [7, 11) is 0. The van der Waals surface area contributed by atoms with Crippen molar-refractivity contribution in [3.05, 3.63) is 54.1 Å². The number of hydrogen-bond donors (Lipinski definition) is 1. The molecule has 29 heavy (non-hydrogen) atoms. The van der Waals surface area contributed by atoms with Crippen LogP contribution in [0.25, 0.3) is 0 Å². The number of amides is 1. The highest BCUT2D eigenvalue weighted by molar-refractivity contribution is 5.93. The van der Waals surface area contributed by atoms with E-state index in [1.165, 1.54) is 18.5 Å². The van der Waals surface area contributed by atoms with Crippen LogP contribution in [0, 0.1) is 0 Å². The Labute approximate surface area is 171 Å². The number of rotatable bonds is 9. The molecule has 1 saturated heterocycles. The van der Waals surface area contributed by atoms with Gasteiger partial charge in [-0.15, -0.1) is 0 Å². The molecule has 1 aliphatic rings. The minimum Gasteiger partial charge on any atom is -0.494 e. The minimum atomic E-state index is -0.407. The zero-order valence-corrected chi connectivity index (χ0v) is 16.9. The van der Waals surface area contributed by atoms with Crippen molar-refractivity contribution in [2.75, 3.05) is 36.5 Å². The summed E-state index contributed by atoms with van der Waals surface area (Å²) in [4.78, 5) is 26.4. The van der Waals surface area contributed by atoms with Crippen LogP contribution >= 0.6 is 0 Å². The Morgan fingerprint density at radius 2 is 1.76 bits per heavy atom.